The van der Waals surface area contributed by atoms with Gasteiger partial charge in [-0.25, -0.2) is 9.59 Å². The first-order chi connectivity index (χ1) is 11.2. The van der Waals surface area contributed by atoms with Crippen LogP contribution in [0, 0.1) is 11.8 Å². The van der Waals surface area contributed by atoms with Gasteiger partial charge in [0.15, 0.2) is 0 Å². The molecule has 0 spiro atoms. The molecule has 0 bridgehead atoms. The number of hydrogen-bond acceptors (Lipinski definition) is 3. The number of rotatable bonds is 0. The maximum absolute atomic E-state index is 12.0. The van der Waals surface area contributed by atoms with Gasteiger partial charge in [0.05, 0.1) is 11.1 Å². The molecule has 23 heavy (non-hydrogen) atoms. The zero-order valence-corrected chi connectivity index (χ0v) is 12.0. The van der Waals surface area contributed by atoms with E-state index in [-0.39, 0.29) is 5.56 Å². The number of esters is 2. The Labute approximate surface area is 132 Å². The highest BCUT2D eigenvalue weighted by atomic mass is 16.6. The van der Waals surface area contributed by atoms with Gasteiger partial charge in [-0.15, -0.1) is 0 Å². The van der Waals surface area contributed by atoms with Gasteiger partial charge in [-0.05, 0) is 29.0 Å². The summed E-state index contributed by atoms with van der Waals surface area (Å²) in [5.41, 5.74) is 1.92. The highest BCUT2D eigenvalue weighted by molar-refractivity contribution is 6.22. The van der Waals surface area contributed by atoms with Crippen LogP contribution in [0.25, 0.3) is 10.8 Å². The summed E-state index contributed by atoms with van der Waals surface area (Å²) in [7, 11) is 0. The number of benzene rings is 3. The van der Waals surface area contributed by atoms with Gasteiger partial charge in [-0.2, -0.15) is 0 Å². The molecule has 0 amide bonds. The molecule has 3 nitrogen and oxygen atoms in total. The van der Waals surface area contributed by atoms with Gasteiger partial charge < -0.3 is 4.74 Å². The van der Waals surface area contributed by atoms with Crippen molar-refractivity contribution in [3.8, 4) is 11.8 Å². The molecule has 0 atom stereocenters. The molecule has 1 aliphatic rings. The van der Waals surface area contributed by atoms with Gasteiger partial charge in [0, 0.05) is 11.1 Å². The number of cyclic esters (lactones) is 2. The molecule has 0 unspecified atom stereocenters. The van der Waals surface area contributed by atoms with Crippen molar-refractivity contribution in [3.05, 3.63) is 82.9 Å². The fourth-order valence-corrected chi connectivity index (χ4v) is 2.72. The molecule has 0 aromatic heterocycles. The van der Waals surface area contributed by atoms with E-state index in [0.717, 1.165) is 10.9 Å². The van der Waals surface area contributed by atoms with Crippen LogP contribution in [-0.4, -0.2) is 11.9 Å². The van der Waals surface area contributed by atoms with Gasteiger partial charge >= 0.3 is 11.9 Å². The Bertz CT molecular complexity index is 1020. The summed E-state index contributed by atoms with van der Waals surface area (Å²) < 4.78 is 4.79. The first-order valence-corrected chi connectivity index (χ1v) is 7.13. The average molecular weight is 298 g/mol. The fourth-order valence-electron chi connectivity index (χ4n) is 2.72. The molecule has 1 heterocycles. The molecule has 0 N–H and O–H groups in total. The van der Waals surface area contributed by atoms with E-state index in [4.69, 9.17) is 4.74 Å². The van der Waals surface area contributed by atoms with Crippen molar-refractivity contribution in [2.24, 2.45) is 0 Å². The molecule has 108 valence electrons. The lowest BCUT2D eigenvalue weighted by atomic mass is 9.95. The van der Waals surface area contributed by atoms with E-state index >= 15 is 0 Å². The van der Waals surface area contributed by atoms with Crippen LogP contribution in [0.4, 0.5) is 0 Å². The number of carbonyl (C=O) groups excluding carboxylic acids is 2. The molecular weight excluding hydrogens is 288 g/mol. The lowest BCUT2D eigenvalue weighted by molar-refractivity contribution is 0.0444. The van der Waals surface area contributed by atoms with Crippen LogP contribution in [0.2, 0.25) is 0 Å². The van der Waals surface area contributed by atoms with Gasteiger partial charge in [-0.1, -0.05) is 54.3 Å². The first-order valence-electron chi connectivity index (χ1n) is 7.13. The van der Waals surface area contributed by atoms with E-state index in [0.29, 0.717) is 16.5 Å². The summed E-state index contributed by atoms with van der Waals surface area (Å²) in [4.78, 5) is 24.1. The Morgan fingerprint density at radius 1 is 0.739 bits per heavy atom. The van der Waals surface area contributed by atoms with Crippen LogP contribution in [0.15, 0.2) is 60.7 Å². The third-order valence-corrected chi connectivity index (χ3v) is 3.76. The Balaban J connectivity index is 1.98. The smallest absolute Gasteiger partial charge is 0.348 e. The van der Waals surface area contributed by atoms with Gasteiger partial charge in [0.1, 0.15) is 0 Å². The second-order valence-corrected chi connectivity index (χ2v) is 5.19. The monoisotopic (exact) mass is 298 g/mol. The summed E-state index contributed by atoms with van der Waals surface area (Å²) in [6, 6.07) is 18.7. The summed E-state index contributed by atoms with van der Waals surface area (Å²) in [6.45, 7) is 0. The Morgan fingerprint density at radius 2 is 1.43 bits per heavy atom. The largest absolute Gasteiger partial charge is 0.386 e. The van der Waals surface area contributed by atoms with Crippen LogP contribution in [0.1, 0.15) is 31.8 Å². The van der Waals surface area contributed by atoms with Crippen LogP contribution >= 0.6 is 0 Å². The van der Waals surface area contributed by atoms with Gasteiger partial charge in [-0.3, -0.25) is 0 Å². The van der Waals surface area contributed by atoms with E-state index in [1.165, 1.54) is 0 Å². The summed E-state index contributed by atoms with van der Waals surface area (Å²) >= 11 is 0. The molecule has 1 aliphatic heterocycles. The Morgan fingerprint density at radius 3 is 2.26 bits per heavy atom. The summed E-state index contributed by atoms with van der Waals surface area (Å²) in [5, 5.41) is 1.57. The Hall–Kier alpha value is -3.38. The molecule has 3 heteroatoms. The van der Waals surface area contributed by atoms with Gasteiger partial charge in [0.25, 0.3) is 0 Å². The fraction of sp³-hybridized carbons (Fsp3) is 0. The molecule has 4 rings (SSSR count). The highest BCUT2D eigenvalue weighted by Crippen LogP contribution is 2.31. The summed E-state index contributed by atoms with van der Waals surface area (Å²) in [6.07, 6.45) is 0. The predicted molar refractivity (Wildman–Crippen MR) is 86.1 cm³/mol. The number of carbonyl (C=O) groups is 2. The third kappa shape index (κ3) is 2.18. The molecule has 0 saturated carbocycles. The van der Waals surface area contributed by atoms with Crippen molar-refractivity contribution < 1.29 is 14.3 Å². The molecule has 0 saturated heterocycles. The predicted octanol–water partition coefficient (Wildman–Crippen LogP) is 3.55. The minimum absolute atomic E-state index is 0.261. The maximum Gasteiger partial charge on any atom is 0.348 e. The maximum atomic E-state index is 12.0. The van der Waals surface area contributed by atoms with E-state index in [2.05, 4.69) is 11.8 Å². The quantitative estimate of drug-likeness (QED) is 0.362. The highest BCUT2D eigenvalue weighted by Gasteiger charge is 2.34. The molecule has 3 aromatic carbocycles. The lowest BCUT2D eigenvalue weighted by Gasteiger charge is -2.03. The molecule has 0 fully saturated rings. The van der Waals surface area contributed by atoms with Crippen molar-refractivity contribution >= 4 is 22.7 Å². The SMILES string of the molecule is O=C1OC(=O)c2c1c(C#Cc1ccccc1)cc1ccccc21. The zero-order valence-electron chi connectivity index (χ0n) is 12.0. The van der Waals surface area contributed by atoms with E-state index in [9.17, 15) is 9.59 Å². The topological polar surface area (TPSA) is 43.4 Å². The first kappa shape index (κ1) is 13.3. The number of hydrogen-bond donors (Lipinski definition) is 0. The van der Waals surface area contributed by atoms with E-state index in [1.54, 1.807) is 0 Å². The van der Waals surface area contributed by atoms with Crippen molar-refractivity contribution in [2.45, 2.75) is 0 Å². The van der Waals surface area contributed by atoms with Crippen LogP contribution in [0.3, 0.4) is 0 Å². The summed E-state index contributed by atoms with van der Waals surface area (Å²) in [5.74, 6) is 4.78. The van der Waals surface area contributed by atoms with Crippen LogP contribution in [-0.2, 0) is 4.74 Å². The van der Waals surface area contributed by atoms with E-state index < -0.39 is 11.9 Å². The number of ether oxygens (including phenoxy) is 1. The average Bonchev–Trinajstić information content (AvgIpc) is 2.89. The third-order valence-electron chi connectivity index (χ3n) is 3.76. The van der Waals surface area contributed by atoms with Gasteiger partial charge in [0.2, 0.25) is 0 Å². The molecule has 0 aliphatic carbocycles. The lowest BCUT2D eigenvalue weighted by Crippen LogP contribution is -1.98. The van der Waals surface area contributed by atoms with E-state index in [1.807, 2.05) is 60.7 Å². The van der Waals surface area contributed by atoms with Crippen LogP contribution in [0.5, 0.6) is 0 Å². The minimum atomic E-state index is -0.631. The standard InChI is InChI=1S/C20H10O3/c21-19-17-15(11-10-13-6-2-1-3-7-13)12-14-8-4-5-9-16(14)18(17)20(22)23-19/h1-9,12H. The van der Waals surface area contributed by atoms with Crippen LogP contribution < -0.4 is 0 Å². The van der Waals surface area contributed by atoms with Crippen molar-refractivity contribution in [1.29, 1.82) is 0 Å². The molecule has 3 aromatic rings. The molecular formula is C20H10O3. The normalized spacial score (nSPS) is 12.5. The number of fused-ring (bicyclic) bond motifs is 3. The second-order valence-electron chi connectivity index (χ2n) is 5.19. The minimum Gasteiger partial charge on any atom is -0.386 e. The Kier molecular flexibility index (Phi) is 2.96. The van der Waals surface area contributed by atoms with Crippen molar-refractivity contribution in [2.75, 3.05) is 0 Å². The van der Waals surface area contributed by atoms with Crippen molar-refractivity contribution in [1.82, 2.24) is 0 Å². The molecule has 0 radical (unpaired) electrons. The second kappa shape index (κ2) is 5.11. The zero-order chi connectivity index (χ0) is 15.8. The van der Waals surface area contributed by atoms with Crippen molar-refractivity contribution in [3.63, 3.8) is 0 Å².